The maximum atomic E-state index is 10.1. The van der Waals surface area contributed by atoms with Crippen molar-refractivity contribution in [2.75, 3.05) is 23.7 Å². The van der Waals surface area contributed by atoms with E-state index in [9.17, 15) is 5.26 Å². The fourth-order valence-corrected chi connectivity index (χ4v) is 7.49. The molecule has 0 spiro atoms. The smallest absolute Gasteiger partial charge is 0.103 e. The average Bonchev–Trinajstić information content (AvgIpc) is 3.54. The Bertz CT molecular complexity index is 1550. The molecule has 2 fully saturated rings. The highest BCUT2D eigenvalue weighted by Gasteiger charge is 2.32. The number of hydrogen-bond acceptors (Lipinski definition) is 8. The van der Waals surface area contributed by atoms with E-state index in [1.54, 1.807) is 6.20 Å². The van der Waals surface area contributed by atoms with Gasteiger partial charge in [-0.1, -0.05) is 61.2 Å². The maximum absolute atomic E-state index is 10.1. The van der Waals surface area contributed by atoms with E-state index in [0.29, 0.717) is 28.1 Å². The van der Waals surface area contributed by atoms with Crippen LogP contribution in [-0.4, -0.2) is 45.6 Å². The number of anilines is 2. The van der Waals surface area contributed by atoms with Crippen LogP contribution in [0.1, 0.15) is 89.8 Å². The first-order valence-electron chi connectivity index (χ1n) is 16.6. The second-order valence-corrected chi connectivity index (χ2v) is 14.4. The van der Waals surface area contributed by atoms with E-state index in [1.165, 1.54) is 32.1 Å². The van der Waals surface area contributed by atoms with Crippen LogP contribution in [0.25, 0.3) is 10.9 Å². The highest BCUT2D eigenvalue weighted by Crippen LogP contribution is 2.37. The van der Waals surface area contributed by atoms with Gasteiger partial charge < -0.3 is 16.1 Å². The topological polar surface area (TPSA) is 91.3 Å². The Morgan fingerprint density at radius 1 is 1.02 bits per heavy atom. The zero-order valence-electron chi connectivity index (χ0n) is 27.0. The van der Waals surface area contributed by atoms with Crippen LogP contribution < -0.4 is 21.6 Å². The molecule has 1 aliphatic carbocycles. The predicted octanol–water partition coefficient (Wildman–Crippen LogP) is 7.72. The van der Waals surface area contributed by atoms with Gasteiger partial charge in [-0.3, -0.25) is 14.9 Å². The van der Waals surface area contributed by atoms with E-state index >= 15 is 0 Å². The van der Waals surface area contributed by atoms with Gasteiger partial charge in [0.25, 0.3) is 0 Å². The number of likely N-dealkylation sites (tertiary alicyclic amines) is 1. The van der Waals surface area contributed by atoms with Crippen LogP contribution in [0.2, 0.25) is 5.02 Å². The molecule has 8 nitrogen and oxygen atoms in total. The molecule has 6 rings (SSSR count). The Kier molecular flexibility index (Phi) is 9.41. The van der Waals surface area contributed by atoms with Crippen molar-refractivity contribution in [1.82, 2.24) is 25.9 Å². The molecule has 4 N–H and O–H groups in total. The van der Waals surface area contributed by atoms with Gasteiger partial charge in [0.1, 0.15) is 6.07 Å². The zero-order valence-corrected chi connectivity index (χ0v) is 27.8. The average molecular weight is 627 g/mol. The summed E-state index contributed by atoms with van der Waals surface area (Å²) in [5.74, 6) is 0.587. The molecule has 9 heteroatoms. The number of nitriles is 1. The number of pyridine rings is 1. The lowest BCUT2D eigenvalue weighted by molar-refractivity contribution is 0.0570. The number of benzene rings is 2. The van der Waals surface area contributed by atoms with Crippen LogP contribution in [-0.2, 0) is 0 Å². The number of piperidine rings is 1. The minimum atomic E-state index is -0.156. The van der Waals surface area contributed by atoms with Gasteiger partial charge >= 0.3 is 0 Å². The Balaban J connectivity index is 1.29. The van der Waals surface area contributed by atoms with Crippen molar-refractivity contribution >= 4 is 33.9 Å². The highest BCUT2D eigenvalue weighted by molar-refractivity contribution is 6.35. The van der Waals surface area contributed by atoms with E-state index in [0.717, 1.165) is 54.0 Å². The largest absolute Gasteiger partial charge is 0.381 e. The monoisotopic (exact) mass is 626 g/mol. The molecule has 0 amide bonds. The van der Waals surface area contributed by atoms with Crippen molar-refractivity contribution in [3.05, 3.63) is 76.7 Å². The molecule has 0 radical (unpaired) electrons. The van der Waals surface area contributed by atoms with Gasteiger partial charge in [0.2, 0.25) is 0 Å². The molecular formula is C36H47ClN8. The highest BCUT2D eigenvalue weighted by atomic mass is 35.5. The summed E-state index contributed by atoms with van der Waals surface area (Å²) in [7, 11) is 0. The quantitative estimate of drug-likeness (QED) is 0.202. The summed E-state index contributed by atoms with van der Waals surface area (Å²) >= 11 is 6.90. The number of hydrazine groups is 2. The van der Waals surface area contributed by atoms with E-state index in [4.69, 9.17) is 11.6 Å². The molecule has 238 valence electrons. The van der Waals surface area contributed by atoms with Gasteiger partial charge in [-0.25, -0.2) is 0 Å². The van der Waals surface area contributed by atoms with Gasteiger partial charge in [-0.2, -0.15) is 5.26 Å². The van der Waals surface area contributed by atoms with Crippen molar-refractivity contribution in [2.24, 2.45) is 5.92 Å². The molecule has 1 saturated heterocycles. The van der Waals surface area contributed by atoms with Crippen molar-refractivity contribution in [1.29, 1.82) is 5.26 Å². The summed E-state index contributed by atoms with van der Waals surface area (Å²) in [5.41, 5.74) is 12.2. The van der Waals surface area contributed by atoms with Crippen LogP contribution in [0.4, 0.5) is 11.4 Å². The van der Waals surface area contributed by atoms with Crippen LogP contribution >= 0.6 is 11.6 Å². The molecule has 3 heterocycles. The standard InChI is InChI=1S/C36H47ClN8/c1-24(25-11-7-5-8-12-25)40-33-27(21-38)22-39-35-30(33)19-28(20-31(35)37)41-34(26-13-9-6-10-14-26)32-23-45(43-42-32)29-15-17-44(18-16-29)36(2,3)4/h6,9-10,13-14,19-20,22-25,29,34,41-43H,5,7-8,11-12,15-18H2,1-4H3,(H,39,40)/t24-,34+/m1/s1. The predicted molar refractivity (Wildman–Crippen MR) is 184 cm³/mol. The van der Waals surface area contributed by atoms with E-state index < -0.39 is 0 Å². The lowest BCUT2D eigenvalue weighted by Gasteiger charge is -2.42. The Morgan fingerprint density at radius 3 is 2.44 bits per heavy atom. The number of aromatic nitrogens is 1. The van der Waals surface area contributed by atoms with Crippen LogP contribution in [0, 0.1) is 17.2 Å². The maximum Gasteiger partial charge on any atom is 0.103 e. The molecule has 0 bridgehead atoms. The zero-order chi connectivity index (χ0) is 31.6. The summed E-state index contributed by atoms with van der Waals surface area (Å²) in [6.07, 6.45) is 12.3. The van der Waals surface area contributed by atoms with Crippen molar-refractivity contribution in [3.63, 3.8) is 0 Å². The van der Waals surface area contributed by atoms with E-state index in [-0.39, 0.29) is 17.6 Å². The molecule has 1 aromatic heterocycles. The number of nitrogens with zero attached hydrogens (tertiary/aromatic N) is 4. The Hall–Kier alpha value is -3.51. The normalized spacial score (nSPS) is 19.9. The first-order chi connectivity index (χ1) is 21.7. The third kappa shape index (κ3) is 7.01. The van der Waals surface area contributed by atoms with Gasteiger partial charge in [-0.05, 0) is 77.0 Å². The van der Waals surface area contributed by atoms with Crippen molar-refractivity contribution in [2.45, 2.75) is 96.3 Å². The SMILES string of the molecule is C[C@@H](Nc1c(C#N)cnc2c(Cl)cc(N[C@H](C3=CN(C4CCN(C(C)(C)C)CC4)NN3)c3ccccc3)cc12)C1CCCCC1. The fourth-order valence-electron chi connectivity index (χ4n) is 7.22. The number of rotatable bonds is 8. The van der Waals surface area contributed by atoms with Crippen molar-refractivity contribution < 1.29 is 0 Å². The van der Waals surface area contributed by atoms with Crippen LogP contribution in [0.5, 0.6) is 0 Å². The number of halogens is 1. The molecule has 2 aliphatic heterocycles. The van der Waals surface area contributed by atoms with E-state index in [2.05, 4.69) is 107 Å². The minimum absolute atomic E-state index is 0.156. The Labute approximate surface area is 273 Å². The lowest BCUT2D eigenvalue weighted by Crippen LogP contribution is -2.52. The summed E-state index contributed by atoms with van der Waals surface area (Å²) in [5, 5.41) is 21.2. The van der Waals surface area contributed by atoms with Gasteiger partial charge in [0.05, 0.1) is 33.5 Å². The molecule has 45 heavy (non-hydrogen) atoms. The summed E-state index contributed by atoms with van der Waals surface area (Å²) in [6, 6.07) is 17.4. The minimum Gasteiger partial charge on any atom is -0.381 e. The molecular weight excluding hydrogens is 580 g/mol. The fraction of sp³-hybridized carbons (Fsp3) is 0.500. The van der Waals surface area contributed by atoms with Crippen LogP contribution in [0.15, 0.2) is 60.6 Å². The third-order valence-corrected chi connectivity index (χ3v) is 10.2. The van der Waals surface area contributed by atoms with Crippen LogP contribution in [0.3, 0.4) is 0 Å². The molecule has 0 unspecified atom stereocenters. The molecule has 3 aliphatic rings. The number of nitrogens with one attached hydrogen (secondary N) is 4. The molecule has 2 atom stereocenters. The van der Waals surface area contributed by atoms with Gasteiger partial charge in [0, 0.05) is 54.2 Å². The van der Waals surface area contributed by atoms with Gasteiger partial charge in [-0.15, -0.1) is 5.53 Å². The summed E-state index contributed by atoms with van der Waals surface area (Å²) < 4.78 is 0. The third-order valence-electron chi connectivity index (χ3n) is 9.94. The number of hydrogen-bond donors (Lipinski definition) is 4. The van der Waals surface area contributed by atoms with E-state index in [1.807, 2.05) is 12.1 Å². The van der Waals surface area contributed by atoms with Crippen molar-refractivity contribution in [3.8, 4) is 6.07 Å². The molecule has 3 aromatic rings. The molecule has 2 aromatic carbocycles. The second kappa shape index (κ2) is 13.5. The summed E-state index contributed by atoms with van der Waals surface area (Å²) in [4.78, 5) is 7.17. The second-order valence-electron chi connectivity index (χ2n) is 13.9. The Morgan fingerprint density at radius 2 is 1.76 bits per heavy atom. The molecule has 1 saturated carbocycles. The lowest BCUT2D eigenvalue weighted by atomic mass is 9.84. The summed E-state index contributed by atoms with van der Waals surface area (Å²) in [6.45, 7) is 11.3. The number of fused-ring (bicyclic) bond motifs is 1. The first-order valence-corrected chi connectivity index (χ1v) is 17.0. The first kappa shape index (κ1) is 31.5. The van der Waals surface area contributed by atoms with Gasteiger partial charge in [0.15, 0.2) is 0 Å².